The van der Waals surface area contributed by atoms with E-state index in [1.807, 2.05) is 4.90 Å². The Kier molecular flexibility index (Phi) is 5.17. The number of aliphatic carboxylic acids is 1. The number of likely N-dealkylation sites (tertiary alicyclic amines) is 2. The molecule has 2 aliphatic rings. The average Bonchev–Trinajstić information content (AvgIpc) is 2.85. The molecular formula is C14H23N3O4. The van der Waals surface area contributed by atoms with Crippen LogP contribution >= 0.6 is 0 Å². The number of carboxylic acids is 1. The normalized spacial score (nSPS) is 26.8. The SMILES string of the molecule is NC(=O)C1CCCN(C(=O)CN2CCC(CC(=O)O)C2)C1. The zero-order valence-electron chi connectivity index (χ0n) is 12.2. The zero-order valence-corrected chi connectivity index (χ0v) is 12.2. The minimum Gasteiger partial charge on any atom is -0.481 e. The molecule has 0 aromatic rings. The van der Waals surface area contributed by atoms with Gasteiger partial charge in [0, 0.05) is 26.1 Å². The van der Waals surface area contributed by atoms with Gasteiger partial charge in [0.2, 0.25) is 11.8 Å². The molecule has 0 aromatic carbocycles. The first-order valence-corrected chi connectivity index (χ1v) is 7.47. The van der Waals surface area contributed by atoms with Gasteiger partial charge >= 0.3 is 5.97 Å². The Balaban J connectivity index is 1.79. The average molecular weight is 297 g/mol. The molecular weight excluding hydrogens is 274 g/mol. The number of amides is 2. The van der Waals surface area contributed by atoms with Gasteiger partial charge in [-0.05, 0) is 31.7 Å². The fraction of sp³-hybridized carbons (Fsp3) is 0.786. The monoisotopic (exact) mass is 297 g/mol. The summed E-state index contributed by atoms with van der Waals surface area (Å²) in [6, 6.07) is 0. The third kappa shape index (κ3) is 4.42. The molecule has 0 spiro atoms. The Morgan fingerprint density at radius 2 is 1.90 bits per heavy atom. The highest BCUT2D eigenvalue weighted by molar-refractivity contribution is 5.81. The van der Waals surface area contributed by atoms with Crippen LogP contribution < -0.4 is 5.73 Å². The first kappa shape index (κ1) is 15.8. The lowest BCUT2D eigenvalue weighted by molar-refractivity contribution is -0.138. The van der Waals surface area contributed by atoms with Gasteiger partial charge in [0.1, 0.15) is 0 Å². The standard InChI is InChI=1S/C14H23N3O4/c15-14(21)11-2-1-4-17(8-11)12(18)9-16-5-3-10(7-16)6-13(19)20/h10-11H,1-9H2,(H2,15,21)(H,19,20). The largest absolute Gasteiger partial charge is 0.481 e. The van der Waals surface area contributed by atoms with E-state index in [0.717, 1.165) is 25.8 Å². The minimum atomic E-state index is -0.784. The van der Waals surface area contributed by atoms with Gasteiger partial charge in [0.05, 0.1) is 12.5 Å². The van der Waals surface area contributed by atoms with Gasteiger partial charge in [-0.1, -0.05) is 0 Å². The highest BCUT2D eigenvalue weighted by atomic mass is 16.4. The van der Waals surface area contributed by atoms with Gasteiger partial charge in [-0.2, -0.15) is 0 Å². The summed E-state index contributed by atoms with van der Waals surface area (Å²) in [6.45, 7) is 2.82. The molecule has 0 radical (unpaired) electrons. The van der Waals surface area contributed by atoms with Crippen molar-refractivity contribution in [2.24, 2.45) is 17.6 Å². The van der Waals surface area contributed by atoms with Crippen molar-refractivity contribution in [3.8, 4) is 0 Å². The number of nitrogens with two attached hydrogens (primary N) is 1. The van der Waals surface area contributed by atoms with Gasteiger partial charge in [0.25, 0.3) is 0 Å². The smallest absolute Gasteiger partial charge is 0.303 e. The highest BCUT2D eigenvalue weighted by Crippen LogP contribution is 2.20. The van der Waals surface area contributed by atoms with Crippen molar-refractivity contribution in [2.45, 2.75) is 25.7 Å². The summed E-state index contributed by atoms with van der Waals surface area (Å²) >= 11 is 0. The Bertz CT molecular complexity index is 426. The Hall–Kier alpha value is -1.63. The first-order valence-electron chi connectivity index (χ1n) is 7.47. The second-order valence-electron chi connectivity index (χ2n) is 6.07. The van der Waals surface area contributed by atoms with E-state index < -0.39 is 5.97 Å². The highest BCUT2D eigenvalue weighted by Gasteiger charge is 2.30. The number of hydrogen-bond acceptors (Lipinski definition) is 4. The van der Waals surface area contributed by atoms with Crippen molar-refractivity contribution in [1.29, 1.82) is 0 Å². The van der Waals surface area contributed by atoms with Crippen LogP contribution in [0.25, 0.3) is 0 Å². The molecule has 2 saturated heterocycles. The summed E-state index contributed by atoms with van der Waals surface area (Å²) in [6.07, 6.45) is 2.55. The van der Waals surface area contributed by atoms with Gasteiger partial charge < -0.3 is 15.7 Å². The third-order valence-electron chi connectivity index (χ3n) is 4.37. The second-order valence-corrected chi connectivity index (χ2v) is 6.07. The van der Waals surface area contributed by atoms with Crippen LogP contribution in [0, 0.1) is 11.8 Å². The number of carboxylic acid groups (broad SMARTS) is 1. The quantitative estimate of drug-likeness (QED) is 0.712. The lowest BCUT2D eigenvalue weighted by Crippen LogP contribution is -2.47. The number of hydrogen-bond donors (Lipinski definition) is 2. The summed E-state index contributed by atoms with van der Waals surface area (Å²) in [5, 5.41) is 8.79. The summed E-state index contributed by atoms with van der Waals surface area (Å²) in [5.41, 5.74) is 5.31. The Labute approximate surface area is 124 Å². The van der Waals surface area contributed by atoms with Crippen LogP contribution in [-0.2, 0) is 14.4 Å². The number of rotatable bonds is 5. The summed E-state index contributed by atoms with van der Waals surface area (Å²) in [4.78, 5) is 37.9. The minimum absolute atomic E-state index is 0.0110. The summed E-state index contributed by atoms with van der Waals surface area (Å²) in [7, 11) is 0. The maximum Gasteiger partial charge on any atom is 0.303 e. The number of carbonyl (C=O) groups excluding carboxylic acids is 2. The van der Waals surface area contributed by atoms with Gasteiger partial charge in [-0.25, -0.2) is 0 Å². The van der Waals surface area contributed by atoms with Crippen molar-refractivity contribution >= 4 is 17.8 Å². The van der Waals surface area contributed by atoms with Crippen molar-refractivity contribution in [1.82, 2.24) is 9.80 Å². The predicted molar refractivity (Wildman–Crippen MR) is 75.3 cm³/mol. The molecule has 2 aliphatic heterocycles. The van der Waals surface area contributed by atoms with E-state index >= 15 is 0 Å². The molecule has 7 nitrogen and oxygen atoms in total. The van der Waals surface area contributed by atoms with Crippen LogP contribution in [0.5, 0.6) is 0 Å². The first-order chi connectivity index (χ1) is 9.95. The number of carbonyl (C=O) groups is 3. The van der Waals surface area contributed by atoms with Gasteiger partial charge in [0.15, 0.2) is 0 Å². The third-order valence-corrected chi connectivity index (χ3v) is 4.37. The number of piperidine rings is 1. The van der Waals surface area contributed by atoms with E-state index in [1.165, 1.54) is 0 Å². The molecule has 2 unspecified atom stereocenters. The van der Waals surface area contributed by atoms with Crippen LogP contribution in [0.3, 0.4) is 0 Å². The van der Waals surface area contributed by atoms with Gasteiger partial charge in [-0.3, -0.25) is 19.3 Å². The Morgan fingerprint density at radius 3 is 2.57 bits per heavy atom. The van der Waals surface area contributed by atoms with E-state index in [0.29, 0.717) is 26.2 Å². The van der Waals surface area contributed by atoms with Gasteiger partial charge in [-0.15, -0.1) is 0 Å². The second kappa shape index (κ2) is 6.89. The van der Waals surface area contributed by atoms with Crippen LogP contribution in [-0.4, -0.2) is 65.4 Å². The molecule has 0 bridgehead atoms. The maximum absolute atomic E-state index is 12.3. The molecule has 0 saturated carbocycles. The molecule has 7 heteroatoms. The lowest BCUT2D eigenvalue weighted by Gasteiger charge is -2.32. The summed E-state index contributed by atoms with van der Waals surface area (Å²) in [5.74, 6) is -1.21. The fourth-order valence-electron chi connectivity index (χ4n) is 3.20. The van der Waals surface area contributed by atoms with E-state index in [2.05, 4.69) is 0 Å². The molecule has 2 amide bonds. The molecule has 118 valence electrons. The van der Waals surface area contributed by atoms with E-state index in [-0.39, 0.29) is 30.1 Å². The predicted octanol–water partition coefficient (Wildman–Crippen LogP) is -0.493. The van der Waals surface area contributed by atoms with E-state index in [1.54, 1.807) is 4.90 Å². The molecule has 0 aromatic heterocycles. The number of primary amides is 1. The summed E-state index contributed by atoms with van der Waals surface area (Å²) < 4.78 is 0. The Morgan fingerprint density at radius 1 is 1.14 bits per heavy atom. The van der Waals surface area contributed by atoms with Crippen molar-refractivity contribution in [3.63, 3.8) is 0 Å². The van der Waals surface area contributed by atoms with Crippen LogP contribution in [0.1, 0.15) is 25.7 Å². The zero-order chi connectivity index (χ0) is 15.4. The number of nitrogens with zero attached hydrogens (tertiary/aromatic N) is 2. The van der Waals surface area contributed by atoms with E-state index in [9.17, 15) is 14.4 Å². The lowest BCUT2D eigenvalue weighted by atomic mass is 9.97. The van der Waals surface area contributed by atoms with Crippen LogP contribution in [0.2, 0.25) is 0 Å². The molecule has 2 fully saturated rings. The maximum atomic E-state index is 12.3. The van der Waals surface area contributed by atoms with E-state index in [4.69, 9.17) is 10.8 Å². The molecule has 3 N–H and O–H groups in total. The molecule has 2 heterocycles. The van der Waals surface area contributed by atoms with Crippen molar-refractivity contribution in [2.75, 3.05) is 32.7 Å². The van der Waals surface area contributed by atoms with Crippen LogP contribution in [0.15, 0.2) is 0 Å². The fourth-order valence-corrected chi connectivity index (χ4v) is 3.20. The van der Waals surface area contributed by atoms with Crippen molar-refractivity contribution < 1.29 is 19.5 Å². The molecule has 21 heavy (non-hydrogen) atoms. The van der Waals surface area contributed by atoms with Crippen LogP contribution in [0.4, 0.5) is 0 Å². The molecule has 2 rings (SSSR count). The topological polar surface area (TPSA) is 104 Å². The van der Waals surface area contributed by atoms with Crippen molar-refractivity contribution in [3.05, 3.63) is 0 Å². The molecule has 0 aliphatic carbocycles. The molecule has 2 atom stereocenters.